The van der Waals surface area contributed by atoms with Gasteiger partial charge in [0.25, 0.3) is 0 Å². The summed E-state index contributed by atoms with van der Waals surface area (Å²) in [5.41, 5.74) is 0.219. The Bertz CT molecular complexity index is 784. The molecule has 1 aromatic rings. The van der Waals surface area contributed by atoms with Gasteiger partial charge in [0.05, 0.1) is 4.90 Å². The second-order valence-corrected chi connectivity index (χ2v) is 10.2. The molecule has 2 fully saturated rings. The van der Waals surface area contributed by atoms with Crippen molar-refractivity contribution in [2.24, 2.45) is 11.3 Å². The van der Waals surface area contributed by atoms with Gasteiger partial charge in [0.15, 0.2) is 0 Å². The predicted octanol–water partition coefficient (Wildman–Crippen LogP) is 2.19. The van der Waals surface area contributed by atoms with Crippen LogP contribution in [-0.2, 0) is 21.4 Å². The molecule has 2 aliphatic rings. The van der Waals surface area contributed by atoms with E-state index in [2.05, 4.69) is 15.4 Å². The topological polar surface area (TPSA) is 87.3 Å². The van der Waals surface area contributed by atoms with Crippen LogP contribution in [0.4, 0.5) is 0 Å². The van der Waals surface area contributed by atoms with Crippen LogP contribution >= 0.6 is 12.4 Å². The van der Waals surface area contributed by atoms with Crippen LogP contribution in [0.5, 0.6) is 0 Å². The fraction of sp³-hybridized carbons (Fsp3) is 0.632. The standard InChI is InChI=1S/C19H29N3O3S.ClH/c1-18(2,3)22-26(24,25)16-7-5-4-6-14(16)13-21-17(23)15-12-19(15)8-10-20-11-9-19;/h4-7,15,20,22H,8-13H2,1-3H3,(H,21,23);1H. The normalized spacial score (nSPS) is 21.4. The molecule has 1 atom stereocenters. The number of sulfonamides is 1. The summed E-state index contributed by atoms with van der Waals surface area (Å²) in [6.07, 6.45) is 3.04. The Morgan fingerprint density at radius 3 is 2.48 bits per heavy atom. The number of rotatable bonds is 5. The number of piperidine rings is 1. The van der Waals surface area contributed by atoms with Gasteiger partial charge in [0, 0.05) is 18.0 Å². The highest BCUT2D eigenvalue weighted by Gasteiger charge is 2.57. The maximum atomic E-state index is 12.7. The van der Waals surface area contributed by atoms with Crippen molar-refractivity contribution in [3.63, 3.8) is 0 Å². The number of benzene rings is 1. The molecule has 27 heavy (non-hydrogen) atoms. The van der Waals surface area contributed by atoms with E-state index in [1.165, 1.54) is 0 Å². The van der Waals surface area contributed by atoms with Gasteiger partial charge in [-0.15, -0.1) is 12.4 Å². The van der Waals surface area contributed by atoms with Crippen LogP contribution in [0, 0.1) is 11.3 Å². The number of amides is 1. The summed E-state index contributed by atoms with van der Waals surface area (Å²) in [6.45, 7) is 7.60. The summed E-state index contributed by atoms with van der Waals surface area (Å²) < 4.78 is 28.0. The molecule has 152 valence electrons. The van der Waals surface area contributed by atoms with Gasteiger partial charge < -0.3 is 10.6 Å². The first kappa shape index (κ1) is 22.1. The maximum Gasteiger partial charge on any atom is 0.241 e. The van der Waals surface area contributed by atoms with Gasteiger partial charge >= 0.3 is 0 Å². The Hall–Kier alpha value is -1.15. The summed E-state index contributed by atoms with van der Waals surface area (Å²) in [6, 6.07) is 6.84. The lowest BCUT2D eigenvalue weighted by atomic mass is 9.92. The number of carbonyl (C=O) groups excluding carboxylic acids is 1. The Morgan fingerprint density at radius 1 is 1.22 bits per heavy atom. The molecule has 3 N–H and O–H groups in total. The van der Waals surface area contributed by atoms with Crippen molar-refractivity contribution in [2.75, 3.05) is 13.1 Å². The lowest BCUT2D eigenvalue weighted by molar-refractivity contribution is -0.123. The molecular weight excluding hydrogens is 386 g/mol. The van der Waals surface area contributed by atoms with E-state index in [0.29, 0.717) is 5.56 Å². The lowest BCUT2D eigenvalue weighted by Crippen LogP contribution is -2.41. The van der Waals surface area contributed by atoms with Crippen LogP contribution in [0.2, 0.25) is 0 Å². The van der Waals surface area contributed by atoms with E-state index in [1.54, 1.807) is 45.0 Å². The van der Waals surface area contributed by atoms with Gasteiger partial charge in [-0.05, 0) is 70.2 Å². The first-order valence-electron chi connectivity index (χ1n) is 9.23. The Kier molecular flexibility index (Phi) is 6.62. The summed E-state index contributed by atoms with van der Waals surface area (Å²) >= 11 is 0. The van der Waals surface area contributed by atoms with E-state index in [0.717, 1.165) is 32.4 Å². The zero-order chi connectivity index (χ0) is 19.0. The third kappa shape index (κ3) is 5.22. The first-order valence-corrected chi connectivity index (χ1v) is 10.7. The third-order valence-electron chi connectivity index (χ3n) is 5.26. The second-order valence-electron chi connectivity index (χ2n) is 8.55. The van der Waals surface area contributed by atoms with Gasteiger partial charge in [-0.25, -0.2) is 13.1 Å². The van der Waals surface area contributed by atoms with Crippen LogP contribution in [0.1, 0.15) is 45.6 Å². The molecule has 6 nitrogen and oxygen atoms in total. The van der Waals surface area contributed by atoms with E-state index in [1.807, 2.05) is 0 Å². The molecule has 1 spiro atoms. The molecule has 3 rings (SSSR count). The minimum absolute atomic E-state index is 0. The summed E-state index contributed by atoms with van der Waals surface area (Å²) in [5, 5.41) is 6.29. The van der Waals surface area contributed by atoms with Crippen molar-refractivity contribution in [1.29, 1.82) is 0 Å². The van der Waals surface area contributed by atoms with Crippen molar-refractivity contribution in [2.45, 2.75) is 57.0 Å². The summed E-state index contributed by atoms with van der Waals surface area (Å²) in [5.74, 6) is 0.115. The van der Waals surface area contributed by atoms with E-state index in [4.69, 9.17) is 0 Å². The van der Waals surface area contributed by atoms with Crippen molar-refractivity contribution in [3.05, 3.63) is 29.8 Å². The van der Waals surface area contributed by atoms with Gasteiger partial charge in [0.1, 0.15) is 0 Å². The van der Waals surface area contributed by atoms with Crippen molar-refractivity contribution in [3.8, 4) is 0 Å². The number of nitrogens with one attached hydrogen (secondary N) is 3. The molecule has 0 aromatic heterocycles. The molecule has 8 heteroatoms. The minimum Gasteiger partial charge on any atom is -0.352 e. The summed E-state index contributed by atoms with van der Waals surface area (Å²) in [7, 11) is -3.64. The van der Waals surface area contributed by atoms with Gasteiger partial charge in [-0.2, -0.15) is 0 Å². The Morgan fingerprint density at radius 2 is 1.85 bits per heavy atom. The quantitative estimate of drug-likeness (QED) is 0.687. The van der Waals surface area contributed by atoms with Crippen LogP contribution < -0.4 is 15.4 Å². The number of hydrogen-bond donors (Lipinski definition) is 3. The highest BCUT2D eigenvalue weighted by molar-refractivity contribution is 7.89. The SMILES string of the molecule is CC(C)(C)NS(=O)(=O)c1ccccc1CNC(=O)C1CC12CCNCC2.Cl. The Labute approximate surface area is 168 Å². The highest BCUT2D eigenvalue weighted by Crippen LogP contribution is 2.58. The highest BCUT2D eigenvalue weighted by atomic mass is 35.5. The molecule has 1 aliphatic heterocycles. The fourth-order valence-corrected chi connectivity index (χ4v) is 5.53. The number of halogens is 1. The Balaban J connectivity index is 0.00000261. The fourth-order valence-electron chi connectivity index (χ4n) is 3.87. The molecule has 0 radical (unpaired) electrons. The monoisotopic (exact) mass is 415 g/mol. The van der Waals surface area contributed by atoms with Gasteiger partial charge in [-0.1, -0.05) is 18.2 Å². The molecule has 1 aliphatic carbocycles. The molecule has 1 unspecified atom stereocenters. The molecule has 1 aromatic carbocycles. The van der Waals surface area contributed by atoms with E-state index in [-0.39, 0.29) is 41.1 Å². The van der Waals surface area contributed by atoms with Crippen LogP contribution in [0.15, 0.2) is 29.2 Å². The zero-order valence-electron chi connectivity index (χ0n) is 16.2. The van der Waals surface area contributed by atoms with Gasteiger partial charge in [-0.3, -0.25) is 4.79 Å². The second kappa shape index (κ2) is 8.07. The van der Waals surface area contributed by atoms with Crippen LogP contribution in [0.25, 0.3) is 0 Å². The predicted molar refractivity (Wildman–Crippen MR) is 108 cm³/mol. The average Bonchev–Trinajstić information content (AvgIpc) is 3.24. The molecule has 1 saturated carbocycles. The molecule has 0 bridgehead atoms. The average molecular weight is 416 g/mol. The molecule has 1 saturated heterocycles. The van der Waals surface area contributed by atoms with Crippen molar-refractivity contribution >= 4 is 28.3 Å². The first-order chi connectivity index (χ1) is 12.1. The molecule has 1 amide bonds. The third-order valence-corrected chi connectivity index (χ3v) is 7.12. The number of hydrogen-bond acceptors (Lipinski definition) is 4. The smallest absolute Gasteiger partial charge is 0.241 e. The minimum atomic E-state index is -3.64. The summed E-state index contributed by atoms with van der Waals surface area (Å²) in [4.78, 5) is 12.8. The van der Waals surface area contributed by atoms with E-state index >= 15 is 0 Å². The van der Waals surface area contributed by atoms with Gasteiger partial charge in [0.2, 0.25) is 15.9 Å². The van der Waals surface area contributed by atoms with E-state index in [9.17, 15) is 13.2 Å². The van der Waals surface area contributed by atoms with Crippen molar-refractivity contribution in [1.82, 2.24) is 15.4 Å². The maximum absolute atomic E-state index is 12.7. The molecular formula is C19H30ClN3O3S. The van der Waals surface area contributed by atoms with Crippen molar-refractivity contribution < 1.29 is 13.2 Å². The molecule has 1 heterocycles. The largest absolute Gasteiger partial charge is 0.352 e. The van der Waals surface area contributed by atoms with Crippen LogP contribution in [0.3, 0.4) is 0 Å². The van der Waals surface area contributed by atoms with E-state index < -0.39 is 15.6 Å². The zero-order valence-corrected chi connectivity index (χ0v) is 17.8. The number of carbonyl (C=O) groups is 1. The van der Waals surface area contributed by atoms with Crippen LogP contribution in [-0.4, -0.2) is 33.0 Å². The lowest BCUT2D eigenvalue weighted by Gasteiger charge is -2.23.